The fraction of sp³-hybridized carbons (Fsp3) is 0.133. The van der Waals surface area contributed by atoms with Gasteiger partial charge < -0.3 is 10.1 Å². The van der Waals surface area contributed by atoms with Gasteiger partial charge in [-0.2, -0.15) is 5.26 Å². The van der Waals surface area contributed by atoms with Gasteiger partial charge in [-0.25, -0.2) is 0 Å². The van der Waals surface area contributed by atoms with E-state index in [2.05, 4.69) is 11.4 Å². The summed E-state index contributed by atoms with van der Waals surface area (Å²) in [5.74, 6) is 0.635. The Hall–Kier alpha value is -1.89. The normalized spacial score (nSPS) is 9.90. The Morgan fingerprint density at radius 3 is 2.65 bits per heavy atom. The van der Waals surface area contributed by atoms with Gasteiger partial charge in [0.2, 0.25) is 0 Å². The monoisotopic (exact) mass is 306 g/mol. The van der Waals surface area contributed by atoms with E-state index in [1.165, 1.54) is 0 Å². The van der Waals surface area contributed by atoms with E-state index in [0.717, 1.165) is 5.56 Å². The van der Waals surface area contributed by atoms with Crippen LogP contribution in [0.2, 0.25) is 10.0 Å². The number of methoxy groups -OCH3 is 1. The fourth-order valence-electron chi connectivity index (χ4n) is 1.78. The zero-order valence-electron chi connectivity index (χ0n) is 10.8. The maximum Gasteiger partial charge on any atom is 0.137 e. The molecular weight excluding hydrogens is 295 g/mol. The molecule has 2 aromatic carbocycles. The van der Waals surface area contributed by atoms with Crippen molar-refractivity contribution >= 4 is 28.9 Å². The molecule has 0 aliphatic carbocycles. The number of anilines is 1. The first-order valence-electron chi connectivity index (χ1n) is 5.90. The van der Waals surface area contributed by atoms with Crippen molar-refractivity contribution in [1.82, 2.24) is 0 Å². The van der Waals surface area contributed by atoms with Gasteiger partial charge in [0.1, 0.15) is 11.8 Å². The zero-order chi connectivity index (χ0) is 14.5. The molecule has 0 unspecified atom stereocenters. The van der Waals surface area contributed by atoms with E-state index in [0.29, 0.717) is 33.6 Å². The molecule has 2 aromatic rings. The Balaban J connectivity index is 2.15. The third-order valence-electron chi connectivity index (χ3n) is 2.80. The van der Waals surface area contributed by atoms with E-state index in [1.54, 1.807) is 25.3 Å². The maximum absolute atomic E-state index is 9.05. The predicted molar refractivity (Wildman–Crippen MR) is 81.5 cm³/mol. The summed E-state index contributed by atoms with van der Waals surface area (Å²) in [7, 11) is 1.57. The average molecular weight is 307 g/mol. The second-order valence-corrected chi connectivity index (χ2v) is 4.97. The molecule has 1 N–H and O–H groups in total. The summed E-state index contributed by atoms with van der Waals surface area (Å²) >= 11 is 12.0. The molecule has 20 heavy (non-hydrogen) atoms. The van der Waals surface area contributed by atoms with Gasteiger partial charge in [0.05, 0.1) is 23.4 Å². The molecule has 0 aliphatic heterocycles. The summed E-state index contributed by atoms with van der Waals surface area (Å²) in [4.78, 5) is 0. The average Bonchev–Trinajstić information content (AvgIpc) is 2.45. The number of nitrogens with zero attached hydrogens (tertiary/aromatic N) is 1. The van der Waals surface area contributed by atoms with Gasteiger partial charge in [-0.1, -0.05) is 29.3 Å². The van der Waals surface area contributed by atoms with Gasteiger partial charge in [-0.3, -0.25) is 0 Å². The van der Waals surface area contributed by atoms with Gasteiger partial charge in [-0.15, -0.1) is 0 Å². The van der Waals surface area contributed by atoms with Gasteiger partial charge >= 0.3 is 0 Å². The Morgan fingerprint density at radius 2 is 2.00 bits per heavy atom. The van der Waals surface area contributed by atoms with Crippen molar-refractivity contribution in [2.45, 2.75) is 6.54 Å². The number of hydrogen-bond donors (Lipinski definition) is 1. The van der Waals surface area contributed by atoms with Crippen LogP contribution in [0.15, 0.2) is 36.4 Å². The Kier molecular flexibility index (Phi) is 4.73. The van der Waals surface area contributed by atoms with E-state index in [4.69, 9.17) is 33.2 Å². The first kappa shape index (κ1) is 14.5. The molecule has 0 amide bonds. The molecule has 0 saturated heterocycles. The quantitative estimate of drug-likeness (QED) is 0.905. The van der Waals surface area contributed by atoms with Crippen LogP contribution in [0, 0.1) is 11.3 Å². The largest absolute Gasteiger partial charge is 0.495 e. The van der Waals surface area contributed by atoms with Crippen LogP contribution >= 0.6 is 23.2 Å². The number of hydrogen-bond acceptors (Lipinski definition) is 3. The third kappa shape index (κ3) is 3.36. The minimum atomic E-state index is 0.540. The molecule has 0 atom stereocenters. The van der Waals surface area contributed by atoms with Crippen LogP contribution in [0.4, 0.5) is 5.69 Å². The molecule has 0 radical (unpaired) electrons. The van der Waals surface area contributed by atoms with Crippen molar-refractivity contribution in [3.63, 3.8) is 0 Å². The third-order valence-corrected chi connectivity index (χ3v) is 3.33. The number of halogens is 2. The predicted octanol–water partition coefficient (Wildman–Crippen LogP) is 4.49. The Bertz CT molecular complexity index is 665. The van der Waals surface area contributed by atoms with Gasteiger partial charge in [-0.05, 0) is 35.9 Å². The number of benzene rings is 2. The van der Waals surface area contributed by atoms with Crippen molar-refractivity contribution in [1.29, 1.82) is 5.26 Å². The van der Waals surface area contributed by atoms with Crippen LogP contribution in [-0.2, 0) is 6.54 Å². The highest BCUT2D eigenvalue weighted by Crippen LogP contribution is 2.26. The molecule has 0 fully saturated rings. The van der Waals surface area contributed by atoms with Crippen LogP contribution in [0.1, 0.15) is 11.1 Å². The number of rotatable bonds is 4. The van der Waals surface area contributed by atoms with Crippen molar-refractivity contribution in [2.75, 3.05) is 12.4 Å². The number of nitrogens with one attached hydrogen (secondary N) is 1. The first-order chi connectivity index (χ1) is 9.63. The lowest BCUT2D eigenvalue weighted by atomic mass is 10.1. The fourth-order valence-corrected chi connectivity index (χ4v) is 2.23. The number of nitriles is 1. The van der Waals surface area contributed by atoms with Gasteiger partial charge in [0.25, 0.3) is 0 Å². The topological polar surface area (TPSA) is 45.0 Å². The molecule has 0 saturated carbocycles. The molecule has 5 heteroatoms. The van der Waals surface area contributed by atoms with E-state index in [9.17, 15) is 0 Å². The summed E-state index contributed by atoms with van der Waals surface area (Å²) in [6.07, 6.45) is 0. The highest BCUT2D eigenvalue weighted by atomic mass is 35.5. The maximum atomic E-state index is 9.05. The smallest absolute Gasteiger partial charge is 0.137 e. The molecule has 0 aliphatic rings. The van der Waals surface area contributed by atoms with Gasteiger partial charge in [0, 0.05) is 11.6 Å². The molecule has 2 rings (SSSR count). The second-order valence-electron chi connectivity index (χ2n) is 4.12. The van der Waals surface area contributed by atoms with E-state index >= 15 is 0 Å². The van der Waals surface area contributed by atoms with Crippen molar-refractivity contribution in [2.24, 2.45) is 0 Å². The molecule has 102 valence electrons. The SMILES string of the molecule is COc1ccc(CNc2cc(Cl)ccc2C#N)cc1Cl. The summed E-state index contributed by atoms with van der Waals surface area (Å²) in [6.45, 7) is 0.540. The van der Waals surface area contributed by atoms with Crippen LogP contribution in [-0.4, -0.2) is 7.11 Å². The van der Waals surface area contributed by atoms with Crippen molar-refractivity contribution < 1.29 is 4.74 Å². The lowest BCUT2D eigenvalue weighted by molar-refractivity contribution is 0.415. The van der Waals surface area contributed by atoms with Crippen molar-refractivity contribution in [3.8, 4) is 11.8 Å². The highest BCUT2D eigenvalue weighted by Gasteiger charge is 2.05. The standard InChI is InChI=1S/C15H12Cl2N2O/c1-20-15-5-2-10(6-13(15)17)9-19-14-7-12(16)4-3-11(14)8-18/h2-7,19H,9H2,1H3. The Morgan fingerprint density at radius 1 is 1.20 bits per heavy atom. The van der Waals surface area contributed by atoms with E-state index in [-0.39, 0.29) is 0 Å². The zero-order valence-corrected chi connectivity index (χ0v) is 12.3. The number of ether oxygens (including phenoxy) is 1. The van der Waals surface area contributed by atoms with E-state index < -0.39 is 0 Å². The second kappa shape index (κ2) is 6.51. The summed E-state index contributed by atoms with van der Waals surface area (Å²) in [5.41, 5.74) is 2.24. The minimum absolute atomic E-state index is 0.540. The summed E-state index contributed by atoms with van der Waals surface area (Å²) in [5, 5.41) is 13.4. The van der Waals surface area contributed by atoms with Crippen LogP contribution in [0.25, 0.3) is 0 Å². The molecular formula is C15H12Cl2N2O. The first-order valence-corrected chi connectivity index (χ1v) is 6.65. The lowest BCUT2D eigenvalue weighted by Gasteiger charge is -2.10. The van der Waals surface area contributed by atoms with Gasteiger partial charge in [0.15, 0.2) is 0 Å². The molecule has 0 heterocycles. The van der Waals surface area contributed by atoms with Crippen LogP contribution < -0.4 is 10.1 Å². The van der Waals surface area contributed by atoms with Crippen LogP contribution in [0.3, 0.4) is 0 Å². The lowest BCUT2D eigenvalue weighted by Crippen LogP contribution is -2.01. The summed E-state index contributed by atoms with van der Waals surface area (Å²) in [6, 6.07) is 12.8. The molecule has 0 spiro atoms. The van der Waals surface area contributed by atoms with E-state index in [1.807, 2.05) is 18.2 Å². The van der Waals surface area contributed by atoms with Crippen molar-refractivity contribution in [3.05, 3.63) is 57.6 Å². The van der Waals surface area contributed by atoms with Crippen LogP contribution in [0.5, 0.6) is 5.75 Å². The highest BCUT2D eigenvalue weighted by molar-refractivity contribution is 6.32. The summed E-state index contributed by atoms with van der Waals surface area (Å²) < 4.78 is 5.10. The minimum Gasteiger partial charge on any atom is -0.495 e. The molecule has 3 nitrogen and oxygen atoms in total. The Labute approximate surface area is 127 Å². The molecule has 0 bridgehead atoms. The molecule has 0 aromatic heterocycles.